The van der Waals surface area contributed by atoms with Crippen LogP contribution < -0.4 is 10.1 Å². The van der Waals surface area contributed by atoms with Gasteiger partial charge in [0.25, 0.3) is 0 Å². The maximum atomic E-state index is 13.3. The molecule has 10 nitrogen and oxygen atoms in total. The second-order valence-electron chi connectivity index (χ2n) is 11.0. The predicted octanol–water partition coefficient (Wildman–Crippen LogP) is 4.77. The Labute approximate surface area is 231 Å². The molecule has 1 saturated heterocycles. The summed E-state index contributed by atoms with van der Waals surface area (Å²) in [5.41, 5.74) is 4.60. The number of pyridine rings is 1. The quantitative estimate of drug-likeness (QED) is 0.412. The van der Waals surface area contributed by atoms with E-state index in [9.17, 15) is 9.18 Å². The highest BCUT2D eigenvalue weighted by molar-refractivity contribution is 7.99. The molecule has 5 rings (SSSR count). The van der Waals surface area contributed by atoms with E-state index >= 15 is 0 Å². The van der Waals surface area contributed by atoms with Crippen LogP contribution in [0.3, 0.4) is 0 Å². The van der Waals surface area contributed by atoms with Crippen molar-refractivity contribution in [1.82, 2.24) is 29.6 Å². The summed E-state index contributed by atoms with van der Waals surface area (Å²) in [6.45, 7) is 11.5. The van der Waals surface area contributed by atoms with Gasteiger partial charge in [0.15, 0.2) is 5.65 Å². The number of carbonyl (C=O) groups is 1. The number of carbonyl (C=O) groups excluding carboxylic acids is 1. The summed E-state index contributed by atoms with van der Waals surface area (Å²) < 4.78 is 26.1. The summed E-state index contributed by atoms with van der Waals surface area (Å²) in [5, 5.41) is 9.17. The molecule has 2 aliphatic rings. The first-order valence-electron chi connectivity index (χ1n) is 13.0. The van der Waals surface area contributed by atoms with Gasteiger partial charge in [-0.3, -0.25) is 15.2 Å². The number of ether oxygens (including phenoxy) is 2. The average molecular weight is 556 g/mol. The number of nitrogens with one attached hydrogen (secondary N) is 1. The third-order valence-electron chi connectivity index (χ3n) is 6.64. The maximum Gasteiger partial charge on any atom is 0.414 e. The lowest BCUT2D eigenvalue weighted by Crippen LogP contribution is -2.48. The standard InChI is InChI=1S/C27H34FN7O3S/c1-15-10-29-20(16(2)22(15)37-6)13-35-23-21-19(33-35)9-17(7-8-34-11-18(28)12-34)14-39-24(21)31-25(30-23)32-26(36)38-27(3,4)5/h9-10,18H,7-8,11-14H2,1-6H3,(H,30,31,32,36). The molecule has 5 heterocycles. The minimum atomic E-state index is -0.717. The lowest BCUT2D eigenvalue weighted by molar-refractivity contribution is 0.0634. The van der Waals surface area contributed by atoms with Gasteiger partial charge in [-0.25, -0.2) is 18.9 Å². The van der Waals surface area contributed by atoms with Gasteiger partial charge in [0.05, 0.1) is 30.4 Å². The number of aromatic nitrogens is 5. The van der Waals surface area contributed by atoms with Crippen molar-refractivity contribution in [2.45, 2.75) is 64.4 Å². The summed E-state index contributed by atoms with van der Waals surface area (Å²) >= 11 is 1.58. The number of hydrogen-bond donors (Lipinski definition) is 1. The first-order valence-corrected chi connectivity index (χ1v) is 14.0. The Morgan fingerprint density at radius 2 is 2.03 bits per heavy atom. The van der Waals surface area contributed by atoms with Crippen molar-refractivity contribution in [2.75, 3.05) is 37.8 Å². The molecule has 39 heavy (non-hydrogen) atoms. The van der Waals surface area contributed by atoms with E-state index in [-0.39, 0.29) is 5.95 Å². The third kappa shape index (κ3) is 6.01. The Hall–Kier alpha value is -3.25. The van der Waals surface area contributed by atoms with E-state index in [1.54, 1.807) is 50.5 Å². The summed E-state index contributed by atoms with van der Waals surface area (Å²) in [6, 6.07) is 0. The summed E-state index contributed by atoms with van der Waals surface area (Å²) in [6.07, 6.45) is 3.35. The van der Waals surface area contributed by atoms with Gasteiger partial charge in [0.2, 0.25) is 5.95 Å². The highest BCUT2D eigenvalue weighted by atomic mass is 32.2. The largest absolute Gasteiger partial charge is 0.496 e. The van der Waals surface area contributed by atoms with Crippen LogP contribution >= 0.6 is 11.8 Å². The second kappa shape index (κ2) is 10.7. The van der Waals surface area contributed by atoms with E-state index in [1.165, 1.54) is 5.57 Å². The van der Waals surface area contributed by atoms with Crippen LogP contribution in [-0.4, -0.2) is 80.0 Å². The molecule has 0 atom stereocenters. The van der Waals surface area contributed by atoms with Crippen LogP contribution in [-0.2, 0) is 11.3 Å². The molecule has 12 heteroatoms. The Morgan fingerprint density at radius 3 is 2.72 bits per heavy atom. The van der Waals surface area contributed by atoms with Gasteiger partial charge in [-0.2, -0.15) is 10.1 Å². The summed E-state index contributed by atoms with van der Waals surface area (Å²) in [4.78, 5) is 28.6. The van der Waals surface area contributed by atoms with Crippen LogP contribution in [0.5, 0.6) is 5.75 Å². The van der Waals surface area contributed by atoms with Crippen LogP contribution in [0.15, 0.2) is 16.8 Å². The highest BCUT2D eigenvalue weighted by Crippen LogP contribution is 2.36. The van der Waals surface area contributed by atoms with Gasteiger partial charge in [0, 0.05) is 42.7 Å². The number of alkyl halides is 1. The highest BCUT2D eigenvalue weighted by Gasteiger charge is 2.27. The molecule has 3 aromatic heterocycles. The van der Waals surface area contributed by atoms with Crippen molar-refractivity contribution in [2.24, 2.45) is 0 Å². The fourth-order valence-electron chi connectivity index (χ4n) is 4.74. The number of rotatable bonds is 7. The Bertz CT molecular complexity index is 1440. The Morgan fingerprint density at radius 1 is 1.26 bits per heavy atom. The van der Waals surface area contributed by atoms with Crippen molar-refractivity contribution >= 4 is 40.9 Å². The zero-order chi connectivity index (χ0) is 27.9. The first-order chi connectivity index (χ1) is 18.5. The number of amides is 1. The van der Waals surface area contributed by atoms with Gasteiger partial charge < -0.3 is 9.47 Å². The molecule has 0 saturated carbocycles. The molecule has 0 bridgehead atoms. The van der Waals surface area contributed by atoms with Crippen molar-refractivity contribution in [3.63, 3.8) is 0 Å². The first kappa shape index (κ1) is 27.3. The van der Waals surface area contributed by atoms with Gasteiger partial charge in [-0.1, -0.05) is 5.57 Å². The van der Waals surface area contributed by atoms with Gasteiger partial charge in [-0.05, 0) is 47.1 Å². The fourth-order valence-corrected chi connectivity index (χ4v) is 5.78. The fraction of sp³-hybridized carbons (Fsp3) is 0.519. The minimum Gasteiger partial charge on any atom is -0.496 e. The molecule has 0 radical (unpaired) electrons. The topological polar surface area (TPSA) is 107 Å². The van der Waals surface area contributed by atoms with Gasteiger partial charge in [0.1, 0.15) is 22.5 Å². The van der Waals surface area contributed by atoms with Crippen LogP contribution in [0.4, 0.5) is 15.1 Å². The summed E-state index contributed by atoms with van der Waals surface area (Å²) in [5.74, 6) is 1.66. The van der Waals surface area contributed by atoms with E-state index in [2.05, 4.69) is 26.3 Å². The molecule has 1 fully saturated rings. The SMILES string of the molecule is COc1c(C)cnc(Cn2nc3c4c(nc(NC(=O)OC(C)(C)C)nc42)SCC(CCN2CC(F)C2)=C3)c1C. The number of likely N-dealkylation sites (tertiary alicyclic amines) is 1. The van der Waals surface area contributed by atoms with Crippen molar-refractivity contribution in [3.8, 4) is 5.75 Å². The van der Waals surface area contributed by atoms with Crippen molar-refractivity contribution in [3.05, 3.63) is 34.3 Å². The lowest BCUT2D eigenvalue weighted by Gasteiger charge is -2.34. The minimum absolute atomic E-state index is 0.149. The molecule has 2 aliphatic heterocycles. The number of thioether (sulfide) groups is 1. The van der Waals surface area contributed by atoms with E-state index < -0.39 is 17.9 Å². The Kier molecular flexibility index (Phi) is 7.51. The molecule has 1 N–H and O–H groups in total. The lowest BCUT2D eigenvalue weighted by atomic mass is 10.1. The van der Waals surface area contributed by atoms with E-state index in [4.69, 9.17) is 19.6 Å². The number of aryl methyl sites for hydroxylation is 1. The number of anilines is 1. The van der Waals surface area contributed by atoms with Crippen LogP contribution in [0.2, 0.25) is 0 Å². The van der Waals surface area contributed by atoms with E-state index in [0.717, 1.165) is 57.4 Å². The Balaban J connectivity index is 1.52. The monoisotopic (exact) mass is 555 g/mol. The molecular weight excluding hydrogens is 521 g/mol. The van der Waals surface area contributed by atoms with Crippen LogP contribution in [0.1, 0.15) is 49.7 Å². The normalized spacial score (nSPS) is 16.0. The van der Waals surface area contributed by atoms with Gasteiger partial charge >= 0.3 is 6.09 Å². The maximum absolute atomic E-state index is 13.3. The number of nitrogens with zero attached hydrogens (tertiary/aromatic N) is 6. The van der Waals surface area contributed by atoms with E-state index in [0.29, 0.717) is 25.3 Å². The zero-order valence-electron chi connectivity index (χ0n) is 23.2. The molecule has 3 aromatic rings. The molecule has 0 aliphatic carbocycles. The average Bonchev–Trinajstić information content (AvgIpc) is 3.06. The molecular formula is C27H34FN7O3S. The number of hydrogen-bond acceptors (Lipinski definition) is 9. The zero-order valence-corrected chi connectivity index (χ0v) is 24.0. The van der Waals surface area contributed by atoms with Gasteiger partial charge in [-0.15, -0.1) is 11.8 Å². The number of halogens is 1. The van der Waals surface area contributed by atoms with Crippen LogP contribution in [0.25, 0.3) is 17.1 Å². The molecule has 1 amide bonds. The molecule has 0 aromatic carbocycles. The van der Waals surface area contributed by atoms with Crippen LogP contribution in [0, 0.1) is 13.8 Å². The number of methoxy groups -OCH3 is 1. The van der Waals surface area contributed by atoms with E-state index in [1.807, 2.05) is 13.8 Å². The van der Waals surface area contributed by atoms with Crippen molar-refractivity contribution < 1.29 is 18.7 Å². The smallest absolute Gasteiger partial charge is 0.414 e. The second-order valence-corrected chi connectivity index (χ2v) is 11.9. The van der Waals surface area contributed by atoms with Crippen molar-refractivity contribution in [1.29, 1.82) is 0 Å². The molecule has 0 spiro atoms. The molecule has 0 unspecified atom stereocenters. The molecule has 208 valence electrons. The third-order valence-corrected chi connectivity index (χ3v) is 7.73. The predicted molar refractivity (Wildman–Crippen MR) is 149 cm³/mol. The summed E-state index contributed by atoms with van der Waals surface area (Å²) in [7, 11) is 1.65.